The molecule has 0 spiro atoms. The first-order valence-electron chi connectivity index (χ1n) is 5.79. The van der Waals surface area contributed by atoms with E-state index in [-0.39, 0.29) is 6.04 Å². The van der Waals surface area contributed by atoms with Crippen LogP contribution < -0.4 is 11.3 Å². The molecule has 96 valence electrons. The van der Waals surface area contributed by atoms with Crippen molar-refractivity contribution in [1.29, 1.82) is 0 Å². The Labute approximate surface area is 120 Å². The Morgan fingerprint density at radius 3 is 2.78 bits per heavy atom. The molecule has 1 aromatic carbocycles. The van der Waals surface area contributed by atoms with Crippen molar-refractivity contribution in [3.63, 3.8) is 0 Å². The average Bonchev–Trinajstić information content (AvgIpc) is 2.76. The molecule has 3 nitrogen and oxygen atoms in total. The van der Waals surface area contributed by atoms with Crippen molar-refractivity contribution in [2.24, 2.45) is 5.84 Å². The monoisotopic (exact) mass is 325 g/mol. The van der Waals surface area contributed by atoms with Gasteiger partial charge in [0.05, 0.1) is 5.01 Å². The molecular formula is C13H16BrN3S. The SMILES string of the molecule is Cc1csc(CC(Cc2ccccc2Br)NN)n1. The van der Waals surface area contributed by atoms with Crippen LogP contribution in [0, 0.1) is 6.92 Å². The van der Waals surface area contributed by atoms with Crippen LogP contribution >= 0.6 is 27.3 Å². The second-order valence-electron chi connectivity index (χ2n) is 4.25. The Morgan fingerprint density at radius 1 is 1.39 bits per heavy atom. The van der Waals surface area contributed by atoms with Gasteiger partial charge in [-0.05, 0) is 25.0 Å². The van der Waals surface area contributed by atoms with Crippen LogP contribution in [0.3, 0.4) is 0 Å². The zero-order chi connectivity index (χ0) is 13.0. The Hall–Kier alpha value is -0.750. The molecule has 2 aromatic rings. The van der Waals surface area contributed by atoms with Crippen LogP contribution in [-0.4, -0.2) is 11.0 Å². The summed E-state index contributed by atoms with van der Waals surface area (Å²) >= 11 is 5.25. The number of aromatic nitrogens is 1. The minimum atomic E-state index is 0.203. The lowest BCUT2D eigenvalue weighted by Crippen LogP contribution is -2.38. The number of hydrogen-bond acceptors (Lipinski definition) is 4. The van der Waals surface area contributed by atoms with Crippen molar-refractivity contribution in [3.8, 4) is 0 Å². The fourth-order valence-corrected chi connectivity index (χ4v) is 3.13. The van der Waals surface area contributed by atoms with Gasteiger partial charge in [0, 0.05) is 28.0 Å². The zero-order valence-electron chi connectivity index (χ0n) is 10.2. The van der Waals surface area contributed by atoms with E-state index >= 15 is 0 Å². The number of hydrogen-bond donors (Lipinski definition) is 2. The van der Waals surface area contributed by atoms with Crippen LogP contribution in [0.5, 0.6) is 0 Å². The zero-order valence-corrected chi connectivity index (χ0v) is 12.6. The summed E-state index contributed by atoms with van der Waals surface area (Å²) in [6, 6.07) is 8.43. The fraction of sp³-hybridized carbons (Fsp3) is 0.308. The number of nitrogens with two attached hydrogens (primary N) is 1. The second kappa shape index (κ2) is 6.43. The predicted octanol–water partition coefficient (Wildman–Crippen LogP) is 2.83. The number of benzene rings is 1. The largest absolute Gasteiger partial charge is 0.271 e. The third-order valence-corrected chi connectivity index (χ3v) is 4.51. The highest BCUT2D eigenvalue weighted by atomic mass is 79.9. The summed E-state index contributed by atoms with van der Waals surface area (Å²) in [5, 5.41) is 3.20. The third-order valence-electron chi connectivity index (χ3n) is 2.75. The van der Waals surface area contributed by atoms with Crippen LogP contribution in [0.2, 0.25) is 0 Å². The maximum absolute atomic E-state index is 5.64. The molecule has 0 fully saturated rings. The molecule has 1 aromatic heterocycles. The lowest BCUT2D eigenvalue weighted by molar-refractivity contribution is 0.520. The van der Waals surface area contributed by atoms with Crippen molar-refractivity contribution >= 4 is 27.3 Å². The molecule has 5 heteroatoms. The number of halogens is 1. The molecule has 0 radical (unpaired) electrons. The molecule has 1 atom stereocenters. The highest BCUT2D eigenvalue weighted by molar-refractivity contribution is 9.10. The molecule has 0 aliphatic heterocycles. The van der Waals surface area contributed by atoms with Gasteiger partial charge in [0.1, 0.15) is 0 Å². The van der Waals surface area contributed by atoms with Crippen LogP contribution in [0.15, 0.2) is 34.1 Å². The summed E-state index contributed by atoms with van der Waals surface area (Å²) in [5.74, 6) is 5.64. The molecule has 18 heavy (non-hydrogen) atoms. The summed E-state index contributed by atoms with van der Waals surface area (Å²) in [6.45, 7) is 2.01. The predicted molar refractivity (Wildman–Crippen MR) is 79.5 cm³/mol. The first-order chi connectivity index (χ1) is 8.69. The average molecular weight is 326 g/mol. The van der Waals surface area contributed by atoms with Gasteiger partial charge >= 0.3 is 0 Å². The summed E-state index contributed by atoms with van der Waals surface area (Å²) in [7, 11) is 0. The van der Waals surface area contributed by atoms with E-state index in [9.17, 15) is 0 Å². The van der Waals surface area contributed by atoms with E-state index in [1.165, 1.54) is 5.56 Å². The van der Waals surface area contributed by atoms with Gasteiger partial charge < -0.3 is 0 Å². The van der Waals surface area contributed by atoms with E-state index in [4.69, 9.17) is 5.84 Å². The van der Waals surface area contributed by atoms with E-state index in [1.807, 2.05) is 19.1 Å². The molecule has 0 aliphatic rings. The van der Waals surface area contributed by atoms with E-state index in [2.05, 4.69) is 43.9 Å². The van der Waals surface area contributed by atoms with Gasteiger partial charge in [0.25, 0.3) is 0 Å². The van der Waals surface area contributed by atoms with Crippen LogP contribution in [0.1, 0.15) is 16.3 Å². The highest BCUT2D eigenvalue weighted by Crippen LogP contribution is 2.19. The van der Waals surface area contributed by atoms with E-state index in [0.29, 0.717) is 0 Å². The van der Waals surface area contributed by atoms with Crippen LogP contribution in [0.4, 0.5) is 0 Å². The maximum atomic E-state index is 5.64. The van der Waals surface area contributed by atoms with E-state index < -0.39 is 0 Å². The van der Waals surface area contributed by atoms with Gasteiger partial charge in [-0.2, -0.15) is 0 Å². The van der Waals surface area contributed by atoms with Crippen LogP contribution in [0.25, 0.3) is 0 Å². The summed E-state index contributed by atoms with van der Waals surface area (Å²) in [6.07, 6.45) is 1.74. The fourth-order valence-electron chi connectivity index (χ4n) is 1.83. The van der Waals surface area contributed by atoms with Gasteiger partial charge in [0.15, 0.2) is 0 Å². The Morgan fingerprint density at radius 2 is 2.17 bits per heavy atom. The number of rotatable bonds is 5. The van der Waals surface area contributed by atoms with Crippen molar-refractivity contribution < 1.29 is 0 Å². The normalized spacial score (nSPS) is 12.6. The van der Waals surface area contributed by atoms with Crippen molar-refractivity contribution in [2.45, 2.75) is 25.8 Å². The van der Waals surface area contributed by atoms with E-state index in [0.717, 1.165) is 28.0 Å². The Balaban J connectivity index is 2.04. The minimum absolute atomic E-state index is 0.203. The van der Waals surface area contributed by atoms with Gasteiger partial charge in [0.2, 0.25) is 0 Å². The van der Waals surface area contributed by atoms with Crippen molar-refractivity contribution in [3.05, 3.63) is 50.4 Å². The molecular weight excluding hydrogens is 310 g/mol. The molecule has 0 amide bonds. The molecule has 2 rings (SSSR count). The number of thiazole rings is 1. The van der Waals surface area contributed by atoms with Gasteiger partial charge in [-0.15, -0.1) is 11.3 Å². The van der Waals surface area contributed by atoms with Crippen molar-refractivity contribution in [2.75, 3.05) is 0 Å². The molecule has 0 saturated carbocycles. The maximum Gasteiger partial charge on any atom is 0.0944 e. The summed E-state index contributed by atoms with van der Waals surface area (Å²) in [5.41, 5.74) is 5.22. The van der Waals surface area contributed by atoms with Gasteiger partial charge in [-0.3, -0.25) is 11.3 Å². The van der Waals surface area contributed by atoms with Gasteiger partial charge in [-0.25, -0.2) is 4.98 Å². The third kappa shape index (κ3) is 3.62. The lowest BCUT2D eigenvalue weighted by Gasteiger charge is -2.15. The molecule has 1 unspecified atom stereocenters. The Bertz CT molecular complexity index is 512. The van der Waals surface area contributed by atoms with Crippen molar-refractivity contribution in [1.82, 2.24) is 10.4 Å². The summed E-state index contributed by atoms with van der Waals surface area (Å²) < 4.78 is 1.13. The minimum Gasteiger partial charge on any atom is -0.271 e. The Kier molecular flexibility index (Phi) is 4.88. The number of hydrazine groups is 1. The topological polar surface area (TPSA) is 50.9 Å². The van der Waals surface area contributed by atoms with Gasteiger partial charge in [-0.1, -0.05) is 34.1 Å². The highest BCUT2D eigenvalue weighted by Gasteiger charge is 2.12. The summed E-state index contributed by atoms with van der Waals surface area (Å²) in [4.78, 5) is 4.47. The van der Waals surface area contributed by atoms with Crippen LogP contribution in [-0.2, 0) is 12.8 Å². The second-order valence-corrected chi connectivity index (χ2v) is 6.04. The molecule has 1 heterocycles. The number of nitrogens with zero attached hydrogens (tertiary/aromatic N) is 1. The number of aryl methyl sites for hydroxylation is 1. The molecule has 3 N–H and O–H groups in total. The smallest absolute Gasteiger partial charge is 0.0944 e. The van der Waals surface area contributed by atoms with E-state index in [1.54, 1.807) is 11.3 Å². The first-order valence-corrected chi connectivity index (χ1v) is 7.47. The lowest BCUT2D eigenvalue weighted by atomic mass is 10.0. The molecule has 0 aliphatic carbocycles. The first kappa shape index (κ1) is 13.7. The quantitative estimate of drug-likeness (QED) is 0.656. The molecule has 0 saturated heterocycles. The standard InChI is InChI=1S/C13H16BrN3S/c1-9-8-18-13(16-9)7-11(17-15)6-10-4-2-3-5-12(10)14/h2-5,8,11,17H,6-7,15H2,1H3. The number of nitrogens with one attached hydrogen (secondary N) is 1. The molecule has 0 bridgehead atoms.